The van der Waals surface area contributed by atoms with E-state index in [1.165, 1.54) is 7.11 Å². The number of hydrogen-bond donors (Lipinski definition) is 1. The summed E-state index contributed by atoms with van der Waals surface area (Å²) in [5.41, 5.74) is 3.98. The fourth-order valence-corrected chi connectivity index (χ4v) is 3.19. The molecule has 0 saturated heterocycles. The molecular weight excluding hydrogens is 332 g/mol. The van der Waals surface area contributed by atoms with Gasteiger partial charge in [0.2, 0.25) is 0 Å². The molecule has 0 bridgehead atoms. The molecule has 4 rings (SSSR count). The first kappa shape index (κ1) is 17.8. The molecule has 2 heterocycles. The van der Waals surface area contributed by atoms with Gasteiger partial charge in [0.25, 0.3) is 0 Å². The first-order chi connectivity index (χ1) is 12.6. The number of ketones is 1. The van der Waals surface area contributed by atoms with Crippen LogP contribution in [0.5, 0.6) is 0 Å². The number of aliphatic hydroxyl groups excluding tert-OH is 1. The number of carbonyl (C=O) groups excluding carboxylic acids is 2. The van der Waals surface area contributed by atoms with Crippen molar-refractivity contribution in [3.8, 4) is 0 Å². The SMILES string of the molecule is COC(=O)C1=C(O)c2ccncc2CC1.O=C1CCCc2cnccc21. The van der Waals surface area contributed by atoms with Gasteiger partial charge in [-0.05, 0) is 48.9 Å². The van der Waals surface area contributed by atoms with Crippen LogP contribution in [0.4, 0.5) is 0 Å². The number of fused-ring (bicyclic) bond motifs is 2. The average molecular weight is 352 g/mol. The topological polar surface area (TPSA) is 89.4 Å². The van der Waals surface area contributed by atoms with Crippen LogP contribution in [0.3, 0.4) is 0 Å². The normalized spacial score (nSPS) is 15.3. The summed E-state index contributed by atoms with van der Waals surface area (Å²) in [5, 5.41) is 9.87. The zero-order chi connectivity index (χ0) is 18.5. The second kappa shape index (κ2) is 7.91. The van der Waals surface area contributed by atoms with Crippen LogP contribution in [0.15, 0.2) is 42.5 Å². The first-order valence-electron chi connectivity index (χ1n) is 8.51. The van der Waals surface area contributed by atoms with Gasteiger partial charge in [0.1, 0.15) is 5.76 Å². The lowest BCUT2D eigenvalue weighted by Crippen LogP contribution is -2.13. The highest BCUT2D eigenvalue weighted by molar-refractivity contribution is 5.98. The summed E-state index contributed by atoms with van der Waals surface area (Å²) in [6.07, 6.45) is 10.7. The largest absolute Gasteiger partial charge is 0.507 e. The number of aromatic nitrogens is 2. The highest BCUT2D eigenvalue weighted by Gasteiger charge is 2.23. The van der Waals surface area contributed by atoms with Crippen LogP contribution in [0.2, 0.25) is 0 Å². The van der Waals surface area contributed by atoms with Crippen molar-refractivity contribution in [2.75, 3.05) is 7.11 Å². The van der Waals surface area contributed by atoms with Crippen molar-refractivity contribution in [2.45, 2.75) is 32.1 Å². The molecule has 2 aromatic rings. The Morgan fingerprint density at radius 1 is 1.00 bits per heavy atom. The van der Waals surface area contributed by atoms with Crippen LogP contribution in [-0.4, -0.2) is 33.9 Å². The van der Waals surface area contributed by atoms with Gasteiger partial charge in [-0.1, -0.05) is 0 Å². The fourth-order valence-electron chi connectivity index (χ4n) is 3.19. The van der Waals surface area contributed by atoms with Gasteiger partial charge >= 0.3 is 5.97 Å². The maximum Gasteiger partial charge on any atom is 0.337 e. The summed E-state index contributed by atoms with van der Waals surface area (Å²) in [6, 6.07) is 3.52. The molecule has 2 aliphatic rings. The fraction of sp³-hybridized carbons (Fsp3) is 0.300. The molecule has 6 heteroatoms. The number of esters is 1. The number of aryl methyl sites for hydroxylation is 2. The smallest absolute Gasteiger partial charge is 0.337 e. The predicted octanol–water partition coefficient (Wildman–Crippen LogP) is 3.07. The van der Waals surface area contributed by atoms with Gasteiger partial charge < -0.3 is 9.84 Å². The third kappa shape index (κ3) is 3.64. The van der Waals surface area contributed by atoms with Gasteiger partial charge in [-0.15, -0.1) is 0 Å². The van der Waals surface area contributed by atoms with E-state index in [4.69, 9.17) is 0 Å². The molecule has 26 heavy (non-hydrogen) atoms. The summed E-state index contributed by atoms with van der Waals surface area (Å²) >= 11 is 0. The van der Waals surface area contributed by atoms with Crippen molar-refractivity contribution in [3.63, 3.8) is 0 Å². The Hall–Kier alpha value is -3.02. The van der Waals surface area contributed by atoms with Gasteiger partial charge in [-0.3, -0.25) is 14.8 Å². The van der Waals surface area contributed by atoms with Gasteiger partial charge in [0.15, 0.2) is 5.78 Å². The Kier molecular flexibility index (Phi) is 5.41. The Labute approximate surface area is 151 Å². The van der Waals surface area contributed by atoms with Crippen LogP contribution in [-0.2, 0) is 22.4 Å². The minimum Gasteiger partial charge on any atom is -0.507 e. The Morgan fingerprint density at radius 2 is 1.65 bits per heavy atom. The molecule has 0 amide bonds. The minimum atomic E-state index is -0.463. The second-order valence-electron chi connectivity index (χ2n) is 6.16. The number of pyridine rings is 2. The zero-order valence-corrected chi connectivity index (χ0v) is 14.6. The van der Waals surface area contributed by atoms with Crippen LogP contribution >= 0.6 is 0 Å². The van der Waals surface area contributed by atoms with Gasteiger partial charge in [0.05, 0.1) is 12.7 Å². The summed E-state index contributed by atoms with van der Waals surface area (Å²) in [4.78, 5) is 30.5. The molecule has 134 valence electrons. The standard InChI is InChI=1S/C11H11NO3.C9H9NO/c1-15-11(14)9-3-2-7-6-12-5-4-8(7)10(9)13;11-9-3-1-2-7-6-10-5-4-8(7)9/h4-6,13H,2-3H2,1H3;4-6H,1-3H2. The third-order valence-corrected chi connectivity index (χ3v) is 4.57. The first-order valence-corrected chi connectivity index (χ1v) is 8.51. The minimum absolute atomic E-state index is 0.0190. The summed E-state index contributed by atoms with van der Waals surface area (Å²) in [5.74, 6) is -0.172. The summed E-state index contributed by atoms with van der Waals surface area (Å²) in [6.45, 7) is 0. The van der Waals surface area contributed by atoms with E-state index in [9.17, 15) is 14.7 Å². The van der Waals surface area contributed by atoms with Gasteiger partial charge in [0, 0.05) is 42.3 Å². The van der Waals surface area contributed by atoms with Crippen molar-refractivity contribution in [2.24, 2.45) is 0 Å². The summed E-state index contributed by atoms with van der Waals surface area (Å²) in [7, 11) is 1.31. The van der Waals surface area contributed by atoms with E-state index >= 15 is 0 Å². The molecule has 0 aliphatic heterocycles. The number of aliphatic hydroxyl groups is 1. The number of nitrogens with zero attached hydrogens (tertiary/aromatic N) is 2. The molecule has 0 spiro atoms. The monoisotopic (exact) mass is 352 g/mol. The van der Waals surface area contributed by atoms with Gasteiger partial charge in [-0.25, -0.2) is 4.79 Å². The van der Waals surface area contributed by atoms with Crippen molar-refractivity contribution < 1.29 is 19.4 Å². The number of methoxy groups -OCH3 is 1. The number of carbonyl (C=O) groups is 2. The van der Waals surface area contributed by atoms with Crippen LogP contribution in [0, 0.1) is 0 Å². The lowest BCUT2D eigenvalue weighted by atomic mass is 9.92. The molecule has 0 aromatic carbocycles. The van der Waals surface area contributed by atoms with E-state index in [0.717, 1.165) is 29.5 Å². The number of ether oxygens (including phenoxy) is 1. The maximum atomic E-state index is 11.3. The second-order valence-corrected chi connectivity index (χ2v) is 6.16. The van der Waals surface area contributed by atoms with Crippen molar-refractivity contribution in [3.05, 3.63) is 64.7 Å². The van der Waals surface area contributed by atoms with Crippen LogP contribution in [0.25, 0.3) is 5.76 Å². The molecule has 0 unspecified atom stereocenters. The van der Waals surface area contributed by atoms with Crippen LogP contribution in [0.1, 0.15) is 46.3 Å². The maximum absolute atomic E-state index is 11.3. The van der Waals surface area contributed by atoms with E-state index in [0.29, 0.717) is 30.4 Å². The number of rotatable bonds is 1. The van der Waals surface area contributed by atoms with Gasteiger partial charge in [-0.2, -0.15) is 0 Å². The predicted molar refractivity (Wildman–Crippen MR) is 95.6 cm³/mol. The van der Waals surface area contributed by atoms with E-state index in [-0.39, 0.29) is 11.5 Å². The quantitative estimate of drug-likeness (QED) is 0.794. The molecule has 0 saturated carbocycles. The molecule has 1 N–H and O–H groups in total. The molecule has 0 atom stereocenters. The number of hydrogen-bond acceptors (Lipinski definition) is 6. The zero-order valence-electron chi connectivity index (χ0n) is 14.6. The highest BCUT2D eigenvalue weighted by atomic mass is 16.5. The van der Waals surface area contributed by atoms with Crippen molar-refractivity contribution in [1.82, 2.24) is 9.97 Å². The highest BCUT2D eigenvalue weighted by Crippen LogP contribution is 2.29. The molecule has 0 fully saturated rings. The van der Waals surface area contributed by atoms with Crippen molar-refractivity contribution >= 4 is 17.5 Å². The van der Waals surface area contributed by atoms with E-state index < -0.39 is 5.97 Å². The third-order valence-electron chi connectivity index (χ3n) is 4.57. The Morgan fingerprint density at radius 3 is 2.31 bits per heavy atom. The lowest BCUT2D eigenvalue weighted by Gasteiger charge is -2.17. The Bertz CT molecular complexity index is 874. The van der Waals surface area contributed by atoms with E-state index in [1.54, 1.807) is 30.9 Å². The molecule has 2 aliphatic carbocycles. The molecule has 2 aromatic heterocycles. The molecule has 6 nitrogen and oxygen atoms in total. The van der Waals surface area contributed by atoms with Crippen LogP contribution < -0.4 is 0 Å². The van der Waals surface area contributed by atoms with E-state index in [2.05, 4.69) is 14.7 Å². The number of Topliss-reactive ketones (excluding diaryl/α,β-unsaturated/α-hetero) is 1. The molecule has 0 radical (unpaired) electrons. The van der Waals surface area contributed by atoms with E-state index in [1.807, 2.05) is 6.07 Å². The average Bonchev–Trinajstić information content (AvgIpc) is 2.69. The Balaban J connectivity index is 0.000000158. The summed E-state index contributed by atoms with van der Waals surface area (Å²) < 4.78 is 4.60. The van der Waals surface area contributed by atoms with Crippen molar-refractivity contribution in [1.29, 1.82) is 0 Å². The molecular formula is C20H20N2O4. The lowest BCUT2D eigenvalue weighted by molar-refractivity contribution is -0.136.